The van der Waals surface area contributed by atoms with Crippen LogP contribution in [0.5, 0.6) is 0 Å². The molecule has 3 N–H and O–H groups in total. The van der Waals surface area contributed by atoms with Crippen LogP contribution in [0.2, 0.25) is 0 Å². The molecule has 0 amide bonds. The first kappa shape index (κ1) is 10.2. The second-order valence-corrected chi connectivity index (χ2v) is 2.47. The summed E-state index contributed by atoms with van der Waals surface area (Å²) < 4.78 is 0. The van der Waals surface area contributed by atoms with Crippen molar-refractivity contribution in [1.29, 1.82) is 0 Å². The summed E-state index contributed by atoms with van der Waals surface area (Å²) in [6.07, 6.45) is 3.65. The van der Waals surface area contributed by atoms with Gasteiger partial charge in [0.2, 0.25) is 0 Å². The molecule has 0 unspecified atom stereocenters. The molecule has 11 heavy (non-hydrogen) atoms. The van der Waals surface area contributed by atoms with Crippen LogP contribution in [-0.4, -0.2) is 25.1 Å². The number of nitrogens with one attached hydrogen (secondary N) is 1. The molecule has 0 aromatic carbocycles. The van der Waals surface area contributed by atoms with Gasteiger partial charge >= 0.3 is 0 Å². The molecule has 1 atom stereocenters. The van der Waals surface area contributed by atoms with Crippen LogP contribution in [0.3, 0.4) is 0 Å². The third-order valence-electron chi connectivity index (χ3n) is 1.53. The largest absolute Gasteiger partial charge is 0.321 e. The van der Waals surface area contributed by atoms with Crippen molar-refractivity contribution in [3.05, 3.63) is 24.4 Å². The molecule has 0 aromatic rings. The van der Waals surface area contributed by atoms with E-state index in [4.69, 9.17) is 5.73 Å². The van der Waals surface area contributed by atoms with E-state index in [-0.39, 0.29) is 6.04 Å². The molecule has 0 saturated heterocycles. The van der Waals surface area contributed by atoms with Gasteiger partial charge < -0.3 is 10.7 Å². The fourth-order valence-corrected chi connectivity index (χ4v) is 0.642. The molecule has 0 bridgehead atoms. The molecule has 0 rings (SSSR count). The summed E-state index contributed by atoms with van der Waals surface area (Å²) in [5.41, 5.74) is 9.70. The Morgan fingerprint density at radius 3 is 2.64 bits per heavy atom. The molecule has 0 aromatic heterocycles. The fourth-order valence-electron chi connectivity index (χ4n) is 0.642. The van der Waals surface area contributed by atoms with Crippen molar-refractivity contribution in [3.8, 4) is 0 Å². The summed E-state index contributed by atoms with van der Waals surface area (Å²) in [7, 11) is 3.77. The molecule has 64 valence electrons. The number of nitrogens with zero attached hydrogens (tertiary/aromatic N) is 1. The Morgan fingerprint density at radius 2 is 2.27 bits per heavy atom. The zero-order valence-electron chi connectivity index (χ0n) is 7.46. The van der Waals surface area contributed by atoms with E-state index in [9.17, 15) is 0 Å². The molecule has 0 saturated carbocycles. The van der Waals surface area contributed by atoms with Crippen molar-refractivity contribution in [2.45, 2.75) is 13.0 Å². The summed E-state index contributed by atoms with van der Waals surface area (Å²) in [6, 6.07) is -0.0502. The van der Waals surface area contributed by atoms with E-state index in [1.165, 1.54) is 0 Å². The molecular formula is C8H17N3. The summed E-state index contributed by atoms with van der Waals surface area (Å²) in [5, 5.41) is 1.85. The molecular weight excluding hydrogens is 138 g/mol. The fraction of sp³-hybridized carbons (Fsp3) is 0.500. The summed E-state index contributed by atoms with van der Waals surface area (Å²) in [4.78, 5) is 0. The normalized spacial score (nSPS) is 14.4. The topological polar surface area (TPSA) is 41.3 Å². The predicted octanol–water partition coefficient (Wildman–Crippen LogP) is 0.470. The van der Waals surface area contributed by atoms with E-state index in [0.717, 1.165) is 5.57 Å². The molecule has 0 spiro atoms. The molecule has 0 fully saturated rings. The average Bonchev–Trinajstić information content (AvgIpc) is 2.02. The Labute approximate surface area is 68.5 Å². The van der Waals surface area contributed by atoms with Gasteiger partial charge in [-0.2, -0.15) is 0 Å². The Morgan fingerprint density at radius 1 is 1.73 bits per heavy atom. The highest BCUT2D eigenvalue weighted by atomic mass is 15.5. The van der Waals surface area contributed by atoms with Gasteiger partial charge in [0.15, 0.2) is 0 Å². The summed E-state index contributed by atoms with van der Waals surface area (Å²) in [6.45, 7) is 5.58. The van der Waals surface area contributed by atoms with Gasteiger partial charge in [-0.1, -0.05) is 6.08 Å². The lowest BCUT2D eigenvalue weighted by atomic mass is 10.1. The number of hydrogen-bond acceptors (Lipinski definition) is 3. The maximum absolute atomic E-state index is 5.68. The number of rotatable bonds is 4. The van der Waals surface area contributed by atoms with Gasteiger partial charge in [0.1, 0.15) is 0 Å². The van der Waals surface area contributed by atoms with Crippen LogP contribution in [0.1, 0.15) is 6.92 Å². The van der Waals surface area contributed by atoms with Crippen LogP contribution in [0.15, 0.2) is 24.4 Å². The minimum atomic E-state index is -0.0502. The third kappa shape index (κ3) is 3.80. The van der Waals surface area contributed by atoms with Crippen LogP contribution >= 0.6 is 0 Å². The zero-order valence-corrected chi connectivity index (χ0v) is 7.46. The van der Waals surface area contributed by atoms with Gasteiger partial charge in [0.25, 0.3) is 0 Å². The van der Waals surface area contributed by atoms with Crippen LogP contribution in [0, 0.1) is 0 Å². The van der Waals surface area contributed by atoms with Gasteiger partial charge in [-0.15, -0.1) is 6.58 Å². The lowest BCUT2D eigenvalue weighted by Crippen LogP contribution is -2.27. The number of hydrazine groups is 1. The molecule has 0 aliphatic carbocycles. The highest BCUT2D eigenvalue weighted by Crippen LogP contribution is 1.98. The molecule has 0 heterocycles. The van der Waals surface area contributed by atoms with Crippen LogP contribution in [0.25, 0.3) is 0 Å². The molecule has 3 nitrogen and oxygen atoms in total. The zero-order chi connectivity index (χ0) is 8.85. The minimum Gasteiger partial charge on any atom is -0.321 e. The van der Waals surface area contributed by atoms with E-state index < -0.39 is 0 Å². The highest BCUT2D eigenvalue weighted by molar-refractivity contribution is 5.12. The third-order valence-corrected chi connectivity index (χ3v) is 1.53. The van der Waals surface area contributed by atoms with Crippen molar-refractivity contribution in [2.75, 3.05) is 14.1 Å². The Hall–Kier alpha value is -0.800. The van der Waals surface area contributed by atoms with Crippen molar-refractivity contribution < 1.29 is 0 Å². The van der Waals surface area contributed by atoms with Gasteiger partial charge in [0, 0.05) is 26.3 Å². The van der Waals surface area contributed by atoms with Gasteiger partial charge in [0.05, 0.1) is 0 Å². The standard InChI is InChI=1S/C8H17N3/c1-5-8(9)7(2)6-11(4)10-3/h5-6,8,10H,1,9H2,2-4H3/b7-6+/t8-/m1/s1. The second-order valence-electron chi connectivity index (χ2n) is 2.47. The smallest absolute Gasteiger partial charge is 0.0452 e. The molecule has 3 heteroatoms. The minimum absolute atomic E-state index is 0.0502. The van der Waals surface area contributed by atoms with E-state index >= 15 is 0 Å². The first-order valence-electron chi connectivity index (χ1n) is 3.58. The van der Waals surface area contributed by atoms with Crippen LogP contribution < -0.4 is 11.2 Å². The lowest BCUT2D eigenvalue weighted by molar-refractivity contribution is 0.361. The van der Waals surface area contributed by atoms with E-state index in [1.54, 1.807) is 6.08 Å². The van der Waals surface area contributed by atoms with Crippen LogP contribution in [-0.2, 0) is 0 Å². The first-order valence-corrected chi connectivity index (χ1v) is 3.58. The van der Waals surface area contributed by atoms with E-state index in [0.29, 0.717) is 0 Å². The predicted molar refractivity (Wildman–Crippen MR) is 48.8 cm³/mol. The Bertz CT molecular complexity index is 151. The SMILES string of the molecule is C=C[C@@H](N)/C(C)=C/N(C)NC. The molecule has 0 radical (unpaired) electrons. The first-order chi connectivity index (χ1) is 5.11. The van der Waals surface area contributed by atoms with Crippen molar-refractivity contribution in [2.24, 2.45) is 5.73 Å². The number of nitrogens with two attached hydrogens (primary N) is 1. The van der Waals surface area contributed by atoms with Crippen molar-refractivity contribution in [1.82, 2.24) is 10.4 Å². The quantitative estimate of drug-likeness (QED) is 0.458. The summed E-state index contributed by atoms with van der Waals surface area (Å²) >= 11 is 0. The average molecular weight is 155 g/mol. The lowest BCUT2D eigenvalue weighted by Gasteiger charge is -2.15. The van der Waals surface area contributed by atoms with Crippen molar-refractivity contribution >= 4 is 0 Å². The molecule has 0 aliphatic heterocycles. The van der Waals surface area contributed by atoms with E-state index in [1.807, 2.05) is 32.2 Å². The van der Waals surface area contributed by atoms with E-state index in [2.05, 4.69) is 12.0 Å². The van der Waals surface area contributed by atoms with Gasteiger partial charge in [-0.3, -0.25) is 0 Å². The summed E-state index contributed by atoms with van der Waals surface area (Å²) in [5.74, 6) is 0. The second kappa shape index (κ2) is 4.93. The Balaban J connectivity index is 4.08. The van der Waals surface area contributed by atoms with Gasteiger partial charge in [-0.25, -0.2) is 5.43 Å². The highest BCUT2D eigenvalue weighted by Gasteiger charge is 1.98. The Kier molecular flexibility index (Phi) is 4.57. The van der Waals surface area contributed by atoms with Crippen molar-refractivity contribution in [3.63, 3.8) is 0 Å². The molecule has 0 aliphatic rings. The maximum atomic E-state index is 5.68. The van der Waals surface area contributed by atoms with Gasteiger partial charge in [-0.05, 0) is 12.5 Å². The monoisotopic (exact) mass is 155 g/mol. The number of hydrogen-bond donors (Lipinski definition) is 2. The maximum Gasteiger partial charge on any atom is 0.0452 e. The van der Waals surface area contributed by atoms with Crippen LogP contribution in [0.4, 0.5) is 0 Å².